The maximum atomic E-state index is 13.7. The fraction of sp³-hybridized carbons (Fsp3) is 0.304. The molecule has 0 spiro atoms. The van der Waals surface area contributed by atoms with E-state index in [1.165, 1.54) is 6.07 Å². The summed E-state index contributed by atoms with van der Waals surface area (Å²) in [7, 11) is 0. The van der Waals surface area contributed by atoms with Crippen molar-refractivity contribution in [3.05, 3.63) is 71.7 Å². The van der Waals surface area contributed by atoms with Crippen LogP contribution in [0.25, 0.3) is 10.9 Å². The first-order valence-corrected chi connectivity index (χ1v) is 9.95. The van der Waals surface area contributed by atoms with Crippen LogP contribution in [-0.4, -0.2) is 41.3 Å². The van der Waals surface area contributed by atoms with Gasteiger partial charge in [-0.15, -0.1) is 0 Å². The number of carbonyl (C=O) groups is 2. The third-order valence-electron chi connectivity index (χ3n) is 5.56. The number of nitrogens with zero attached hydrogens (tertiary/aromatic N) is 1. The third kappa shape index (κ3) is 4.31. The topological polar surface area (TPSA) is 65.2 Å². The van der Waals surface area contributed by atoms with Gasteiger partial charge in [-0.3, -0.25) is 9.59 Å². The number of halogens is 1. The van der Waals surface area contributed by atoms with Gasteiger partial charge in [0.25, 0.3) is 0 Å². The van der Waals surface area contributed by atoms with Crippen molar-refractivity contribution in [1.29, 1.82) is 0 Å². The summed E-state index contributed by atoms with van der Waals surface area (Å²) in [6, 6.07) is 14.7. The predicted molar refractivity (Wildman–Crippen MR) is 110 cm³/mol. The minimum Gasteiger partial charge on any atom is -0.361 e. The minimum absolute atomic E-state index is 0.0434. The van der Waals surface area contributed by atoms with Crippen LogP contribution in [0.1, 0.15) is 17.5 Å². The molecule has 1 aliphatic heterocycles. The molecule has 1 aromatic heterocycles. The third-order valence-corrected chi connectivity index (χ3v) is 5.56. The molecule has 150 valence electrons. The number of nitrogens with one attached hydrogen (secondary N) is 2. The van der Waals surface area contributed by atoms with E-state index in [1.807, 2.05) is 24.4 Å². The lowest BCUT2D eigenvalue weighted by Gasteiger charge is -2.16. The summed E-state index contributed by atoms with van der Waals surface area (Å²) in [5, 5.41) is 4.12. The van der Waals surface area contributed by atoms with Crippen molar-refractivity contribution in [3.8, 4) is 0 Å². The van der Waals surface area contributed by atoms with E-state index >= 15 is 0 Å². The summed E-state index contributed by atoms with van der Waals surface area (Å²) >= 11 is 0. The average Bonchev–Trinajstić information content (AvgIpc) is 3.31. The first-order chi connectivity index (χ1) is 14.1. The minimum atomic E-state index is -0.342. The zero-order valence-corrected chi connectivity index (χ0v) is 16.2. The molecule has 0 radical (unpaired) electrons. The Morgan fingerprint density at radius 3 is 2.76 bits per heavy atom. The maximum absolute atomic E-state index is 13.7. The van der Waals surface area contributed by atoms with Crippen LogP contribution < -0.4 is 5.32 Å². The number of amides is 2. The van der Waals surface area contributed by atoms with Crippen molar-refractivity contribution >= 4 is 22.7 Å². The van der Waals surface area contributed by atoms with Gasteiger partial charge < -0.3 is 15.2 Å². The van der Waals surface area contributed by atoms with Gasteiger partial charge in [-0.25, -0.2) is 4.39 Å². The molecule has 1 saturated heterocycles. The molecule has 2 N–H and O–H groups in total. The Labute approximate surface area is 168 Å². The quantitative estimate of drug-likeness (QED) is 0.648. The van der Waals surface area contributed by atoms with Crippen molar-refractivity contribution in [1.82, 2.24) is 15.2 Å². The van der Waals surface area contributed by atoms with Crippen molar-refractivity contribution in [2.45, 2.75) is 19.3 Å². The molecule has 0 saturated carbocycles. The van der Waals surface area contributed by atoms with E-state index in [9.17, 15) is 14.0 Å². The Bertz CT molecular complexity index is 1030. The number of para-hydroxylation sites is 1. The van der Waals surface area contributed by atoms with Gasteiger partial charge in [0.15, 0.2) is 0 Å². The van der Waals surface area contributed by atoms with Gasteiger partial charge in [-0.05, 0) is 36.1 Å². The molecule has 6 heteroatoms. The number of rotatable bonds is 7. The van der Waals surface area contributed by atoms with Gasteiger partial charge in [-0.1, -0.05) is 36.4 Å². The van der Waals surface area contributed by atoms with Crippen molar-refractivity contribution in [2.24, 2.45) is 5.92 Å². The van der Waals surface area contributed by atoms with Crippen molar-refractivity contribution in [2.75, 3.05) is 19.6 Å². The molecule has 1 atom stereocenters. The van der Waals surface area contributed by atoms with Gasteiger partial charge in [0, 0.05) is 43.2 Å². The van der Waals surface area contributed by atoms with Gasteiger partial charge >= 0.3 is 0 Å². The maximum Gasteiger partial charge on any atom is 0.225 e. The zero-order valence-electron chi connectivity index (χ0n) is 16.2. The molecule has 3 aromatic rings. The zero-order chi connectivity index (χ0) is 20.2. The standard InChI is InChI=1S/C23H24FN3O2/c24-20-7-3-1-5-16(20)10-12-27-15-18(13-22(27)28)23(29)25-11-9-17-14-26-21-8-4-2-6-19(17)21/h1-8,14,18,26H,9-13,15H2,(H,25,29). The van der Waals surface area contributed by atoms with Gasteiger partial charge in [0.05, 0.1) is 5.92 Å². The van der Waals surface area contributed by atoms with Gasteiger partial charge in [-0.2, -0.15) is 0 Å². The summed E-state index contributed by atoms with van der Waals surface area (Å²) < 4.78 is 13.7. The Morgan fingerprint density at radius 1 is 1.10 bits per heavy atom. The molecule has 0 aliphatic carbocycles. The van der Waals surface area contributed by atoms with E-state index in [0.717, 1.165) is 22.9 Å². The lowest BCUT2D eigenvalue weighted by Crippen LogP contribution is -2.34. The SMILES string of the molecule is O=C(NCCc1c[nH]c2ccccc12)C1CC(=O)N(CCc2ccccc2F)C1. The Morgan fingerprint density at radius 2 is 1.90 bits per heavy atom. The average molecular weight is 393 g/mol. The Hall–Kier alpha value is -3.15. The monoisotopic (exact) mass is 393 g/mol. The number of aromatic nitrogens is 1. The van der Waals surface area contributed by atoms with E-state index in [0.29, 0.717) is 31.6 Å². The number of hydrogen-bond acceptors (Lipinski definition) is 2. The second kappa shape index (κ2) is 8.47. The normalized spacial score (nSPS) is 16.5. The van der Waals surface area contributed by atoms with E-state index < -0.39 is 0 Å². The molecule has 1 aliphatic rings. The summed E-state index contributed by atoms with van der Waals surface area (Å²) in [6.45, 7) is 1.35. The van der Waals surface area contributed by atoms with Crippen LogP contribution in [0.3, 0.4) is 0 Å². The lowest BCUT2D eigenvalue weighted by atomic mass is 10.1. The number of hydrogen-bond donors (Lipinski definition) is 2. The van der Waals surface area contributed by atoms with E-state index in [4.69, 9.17) is 0 Å². The molecule has 2 amide bonds. The van der Waals surface area contributed by atoms with Crippen LogP contribution >= 0.6 is 0 Å². The Balaban J connectivity index is 1.26. The van der Waals surface area contributed by atoms with E-state index in [1.54, 1.807) is 23.1 Å². The number of fused-ring (bicyclic) bond motifs is 1. The molecule has 2 heterocycles. The van der Waals surface area contributed by atoms with E-state index in [2.05, 4.69) is 16.4 Å². The van der Waals surface area contributed by atoms with Crippen LogP contribution in [0, 0.1) is 11.7 Å². The smallest absolute Gasteiger partial charge is 0.225 e. The highest BCUT2D eigenvalue weighted by molar-refractivity contribution is 5.89. The summed E-state index contributed by atoms with van der Waals surface area (Å²) in [6.07, 6.45) is 3.37. The second-order valence-corrected chi connectivity index (χ2v) is 7.48. The number of likely N-dealkylation sites (tertiary alicyclic amines) is 1. The highest BCUT2D eigenvalue weighted by Gasteiger charge is 2.33. The fourth-order valence-electron chi connectivity index (χ4n) is 3.92. The molecule has 1 unspecified atom stereocenters. The van der Waals surface area contributed by atoms with Crippen LogP contribution in [0.2, 0.25) is 0 Å². The molecule has 1 fully saturated rings. The number of aromatic amines is 1. The molecule has 0 bridgehead atoms. The number of carbonyl (C=O) groups excluding carboxylic acids is 2. The van der Waals surface area contributed by atoms with Gasteiger partial charge in [0.2, 0.25) is 11.8 Å². The second-order valence-electron chi connectivity index (χ2n) is 7.48. The first-order valence-electron chi connectivity index (χ1n) is 9.95. The first kappa shape index (κ1) is 19.2. The van der Waals surface area contributed by atoms with Crippen molar-refractivity contribution in [3.63, 3.8) is 0 Å². The summed E-state index contributed by atoms with van der Waals surface area (Å²) in [5.74, 6) is -0.735. The van der Waals surface area contributed by atoms with Gasteiger partial charge in [0.1, 0.15) is 5.82 Å². The number of benzene rings is 2. The summed E-state index contributed by atoms with van der Waals surface area (Å²) in [4.78, 5) is 29.6. The highest BCUT2D eigenvalue weighted by atomic mass is 19.1. The number of H-pyrrole nitrogens is 1. The van der Waals surface area contributed by atoms with Crippen LogP contribution in [0.5, 0.6) is 0 Å². The molecule has 29 heavy (non-hydrogen) atoms. The Kier molecular flexibility index (Phi) is 5.60. The molecular weight excluding hydrogens is 369 g/mol. The van der Waals surface area contributed by atoms with Crippen LogP contribution in [0.15, 0.2) is 54.7 Å². The molecular formula is C23H24FN3O2. The summed E-state index contributed by atoms with van der Waals surface area (Å²) in [5.41, 5.74) is 2.84. The van der Waals surface area contributed by atoms with Crippen LogP contribution in [-0.2, 0) is 22.4 Å². The molecule has 2 aromatic carbocycles. The molecule has 4 rings (SSSR count). The van der Waals surface area contributed by atoms with Crippen LogP contribution in [0.4, 0.5) is 4.39 Å². The van der Waals surface area contributed by atoms with E-state index in [-0.39, 0.29) is 30.0 Å². The predicted octanol–water partition coefficient (Wildman–Crippen LogP) is 3.06. The molecule has 5 nitrogen and oxygen atoms in total. The fourth-order valence-corrected chi connectivity index (χ4v) is 3.92. The highest BCUT2D eigenvalue weighted by Crippen LogP contribution is 2.20. The largest absolute Gasteiger partial charge is 0.361 e. The lowest BCUT2D eigenvalue weighted by molar-refractivity contribution is -0.129. The van der Waals surface area contributed by atoms with Crippen molar-refractivity contribution < 1.29 is 14.0 Å².